The second kappa shape index (κ2) is 3.76. The van der Waals surface area contributed by atoms with Gasteiger partial charge in [-0.15, -0.1) is 0 Å². The van der Waals surface area contributed by atoms with Crippen LogP contribution in [0.3, 0.4) is 0 Å². The van der Waals surface area contributed by atoms with E-state index >= 15 is 0 Å². The van der Waals surface area contributed by atoms with Gasteiger partial charge in [0.1, 0.15) is 0 Å². The van der Waals surface area contributed by atoms with E-state index in [0.29, 0.717) is 0 Å². The van der Waals surface area contributed by atoms with Crippen molar-refractivity contribution >= 4 is 6.08 Å². The first-order valence-corrected chi connectivity index (χ1v) is 3.69. The van der Waals surface area contributed by atoms with Crippen molar-refractivity contribution in [1.82, 2.24) is 10.2 Å². The fourth-order valence-electron chi connectivity index (χ4n) is 0.852. The lowest BCUT2D eigenvalue weighted by molar-refractivity contribution is 1.07. The summed E-state index contributed by atoms with van der Waals surface area (Å²) in [5.41, 5.74) is 2.25. The molecule has 2 nitrogen and oxygen atoms in total. The molecular formula is C9H12N2. The third kappa shape index (κ3) is 2.08. The summed E-state index contributed by atoms with van der Waals surface area (Å²) in [5, 5.41) is 6.70. The number of nitrogens with one attached hydrogen (secondary N) is 1. The largest absolute Gasteiger partial charge is 0.278 e. The highest BCUT2D eigenvalue weighted by atomic mass is 15.1. The second-order valence-electron chi connectivity index (χ2n) is 2.29. The van der Waals surface area contributed by atoms with Crippen LogP contribution in [-0.2, 0) is 0 Å². The molecule has 2 heteroatoms. The number of hydrogen-bond donors (Lipinski definition) is 1. The molecule has 0 saturated carbocycles. The van der Waals surface area contributed by atoms with Gasteiger partial charge in [0.05, 0.1) is 5.69 Å². The second-order valence-corrected chi connectivity index (χ2v) is 2.29. The van der Waals surface area contributed by atoms with Crippen molar-refractivity contribution in [2.75, 3.05) is 0 Å². The Morgan fingerprint density at radius 2 is 2.64 bits per heavy atom. The van der Waals surface area contributed by atoms with E-state index in [1.807, 2.05) is 18.2 Å². The minimum absolute atomic E-state index is 1.00. The van der Waals surface area contributed by atoms with Gasteiger partial charge in [-0.05, 0) is 24.1 Å². The van der Waals surface area contributed by atoms with Crippen molar-refractivity contribution in [3.8, 4) is 0 Å². The molecule has 1 rings (SSSR count). The Morgan fingerprint density at radius 3 is 3.09 bits per heavy atom. The van der Waals surface area contributed by atoms with E-state index in [4.69, 9.17) is 0 Å². The first-order chi connectivity index (χ1) is 5.36. The number of nitrogens with zero attached hydrogens (tertiary/aromatic N) is 1. The van der Waals surface area contributed by atoms with E-state index in [9.17, 15) is 0 Å². The van der Waals surface area contributed by atoms with Gasteiger partial charge < -0.3 is 0 Å². The third-order valence-corrected chi connectivity index (χ3v) is 1.53. The average Bonchev–Trinajstić information content (AvgIpc) is 2.52. The first-order valence-electron chi connectivity index (χ1n) is 3.69. The smallest absolute Gasteiger partial charge is 0.0580 e. The van der Waals surface area contributed by atoms with E-state index in [1.165, 1.54) is 5.57 Å². The lowest BCUT2D eigenvalue weighted by Gasteiger charge is -1.92. The minimum Gasteiger partial charge on any atom is -0.278 e. The molecule has 0 fully saturated rings. The molecular weight excluding hydrogens is 136 g/mol. The van der Waals surface area contributed by atoms with Gasteiger partial charge in [0.25, 0.3) is 0 Å². The predicted octanol–water partition coefficient (Wildman–Crippen LogP) is 2.39. The molecule has 1 N–H and O–H groups in total. The molecule has 58 valence electrons. The van der Waals surface area contributed by atoms with Crippen molar-refractivity contribution in [2.24, 2.45) is 0 Å². The van der Waals surface area contributed by atoms with Crippen molar-refractivity contribution in [3.05, 3.63) is 36.2 Å². The topological polar surface area (TPSA) is 28.7 Å². The Bertz CT molecular complexity index is 245. The molecule has 0 aromatic carbocycles. The zero-order chi connectivity index (χ0) is 8.10. The number of hydrogen-bond acceptors (Lipinski definition) is 1. The van der Waals surface area contributed by atoms with Crippen LogP contribution in [0.2, 0.25) is 0 Å². The molecule has 0 unspecified atom stereocenters. The lowest BCUT2D eigenvalue weighted by Crippen LogP contribution is -1.76. The summed E-state index contributed by atoms with van der Waals surface area (Å²) in [6.45, 7) is 5.81. The van der Waals surface area contributed by atoms with Crippen LogP contribution in [-0.4, -0.2) is 10.2 Å². The quantitative estimate of drug-likeness (QED) is 0.655. The number of allylic oxidation sites excluding steroid dienone is 2. The minimum atomic E-state index is 1.00. The molecule has 0 saturated heterocycles. The standard InChI is InChI=1S/C9H12N2/c1-3-8(4-2)7-9-5-6-10-11-9/h3,5-7H,1,4H2,2H3,(H,10,11)/b8-7+. The highest BCUT2D eigenvalue weighted by molar-refractivity contribution is 5.51. The molecule has 0 aliphatic carbocycles. The van der Waals surface area contributed by atoms with Crippen LogP contribution in [0.1, 0.15) is 19.0 Å². The highest BCUT2D eigenvalue weighted by Gasteiger charge is 1.89. The van der Waals surface area contributed by atoms with Gasteiger partial charge in [-0.3, -0.25) is 5.10 Å². The molecule has 0 aliphatic heterocycles. The van der Waals surface area contributed by atoms with Gasteiger partial charge in [-0.25, -0.2) is 0 Å². The highest BCUT2D eigenvalue weighted by Crippen LogP contribution is 2.06. The Morgan fingerprint density at radius 1 is 1.82 bits per heavy atom. The zero-order valence-electron chi connectivity index (χ0n) is 6.67. The van der Waals surface area contributed by atoms with Crippen LogP contribution < -0.4 is 0 Å². The lowest BCUT2D eigenvalue weighted by atomic mass is 10.2. The molecule has 0 spiro atoms. The molecule has 0 bridgehead atoms. The van der Waals surface area contributed by atoms with Crippen LogP contribution in [0.4, 0.5) is 0 Å². The van der Waals surface area contributed by atoms with Crippen LogP contribution in [0.15, 0.2) is 30.5 Å². The normalized spacial score (nSPS) is 11.5. The monoisotopic (exact) mass is 148 g/mol. The number of aromatic nitrogens is 2. The van der Waals surface area contributed by atoms with Gasteiger partial charge in [0.15, 0.2) is 0 Å². The fourth-order valence-corrected chi connectivity index (χ4v) is 0.852. The third-order valence-electron chi connectivity index (χ3n) is 1.53. The summed E-state index contributed by atoms with van der Waals surface area (Å²) in [6.07, 6.45) is 6.64. The summed E-state index contributed by atoms with van der Waals surface area (Å²) >= 11 is 0. The number of H-pyrrole nitrogens is 1. The molecule has 0 amide bonds. The van der Waals surface area contributed by atoms with Crippen molar-refractivity contribution < 1.29 is 0 Å². The molecule has 1 heterocycles. The van der Waals surface area contributed by atoms with Crippen LogP contribution in [0.25, 0.3) is 6.08 Å². The molecule has 1 aromatic rings. The average molecular weight is 148 g/mol. The summed E-state index contributed by atoms with van der Waals surface area (Å²) in [6, 6.07) is 1.93. The molecule has 11 heavy (non-hydrogen) atoms. The molecule has 0 atom stereocenters. The number of rotatable bonds is 3. The summed E-state index contributed by atoms with van der Waals surface area (Å²) in [7, 11) is 0. The fraction of sp³-hybridized carbons (Fsp3) is 0.222. The van der Waals surface area contributed by atoms with Gasteiger partial charge in [-0.1, -0.05) is 19.6 Å². The van der Waals surface area contributed by atoms with Crippen LogP contribution in [0.5, 0.6) is 0 Å². The zero-order valence-corrected chi connectivity index (χ0v) is 6.67. The van der Waals surface area contributed by atoms with E-state index < -0.39 is 0 Å². The van der Waals surface area contributed by atoms with Crippen LogP contribution >= 0.6 is 0 Å². The maximum atomic E-state index is 3.84. The SMILES string of the molecule is C=C/C(=C\c1ccn[nH]1)CC. The Hall–Kier alpha value is -1.31. The van der Waals surface area contributed by atoms with E-state index in [0.717, 1.165) is 12.1 Å². The summed E-state index contributed by atoms with van der Waals surface area (Å²) in [5.74, 6) is 0. The summed E-state index contributed by atoms with van der Waals surface area (Å²) < 4.78 is 0. The van der Waals surface area contributed by atoms with Gasteiger partial charge in [-0.2, -0.15) is 5.10 Å². The Labute approximate surface area is 66.6 Å². The van der Waals surface area contributed by atoms with E-state index in [-0.39, 0.29) is 0 Å². The van der Waals surface area contributed by atoms with Crippen molar-refractivity contribution in [2.45, 2.75) is 13.3 Å². The molecule has 0 aliphatic rings. The van der Waals surface area contributed by atoms with Gasteiger partial charge >= 0.3 is 0 Å². The first kappa shape index (κ1) is 7.79. The van der Waals surface area contributed by atoms with Gasteiger partial charge in [0, 0.05) is 6.20 Å². The van der Waals surface area contributed by atoms with Crippen molar-refractivity contribution in [1.29, 1.82) is 0 Å². The van der Waals surface area contributed by atoms with Crippen molar-refractivity contribution in [3.63, 3.8) is 0 Å². The Kier molecular flexibility index (Phi) is 2.66. The molecule has 0 radical (unpaired) electrons. The summed E-state index contributed by atoms with van der Waals surface area (Å²) in [4.78, 5) is 0. The van der Waals surface area contributed by atoms with Gasteiger partial charge in [0.2, 0.25) is 0 Å². The van der Waals surface area contributed by atoms with E-state index in [2.05, 4.69) is 23.7 Å². The number of aromatic amines is 1. The Balaban J connectivity index is 2.79. The van der Waals surface area contributed by atoms with Crippen LogP contribution in [0, 0.1) is 0 Å². The maximum Gasteiger partial charge on any atom is 0.0580 e. The predicted molar refractivity (Wildman–Crippen MR) is 47.1 cm³/mol. The molecule has 1 aromatic heterocycles. The maximum absolute atomic E-state index is 3.84. The van der Waals surface area contributed by atoms with E-state index in [1.54, 1.807) is 6.20 Å².